The highest BCUT2D eigenvalue weighted by Crippen LogP contribution is 2.37. The molecule has 0 aliphatic carbocycles. The van der Waals surface area contributed by atoms with E-state index in [0.717, 1.165) is 40.6 Å². The number of fused-ring (bicyclic) bond motifs is 1. The van der Waals surface area contributed by atoms with E-state index in [9.17, 15) is 26.4 Å². The predicted molar refractivity (Wildman–Crippen MR) is 142 cm³/mol. The summed E-state index contributed by atoms with van der Waals surface area (Å²) in [5, 5.41) is 4.54. The molecule has 0 aliphatic rings. The monoisotopic (exact) mass is 542 g/mol. The Bertz CT molecular complexity index is 1620. The molecule has 4 aromatic rings. The number of nitrogens with one attached hydrogen (secondary N) is 1. The lowest BCUT2D eigenvalue weighted by Gasteiger charge is -2.24. The van der Waals surface area contributed by atoms with Gasteiger partial charge in [0.15, 0.2) is 0 Å². The summed E-state index contributed by atoms with van der Waals surface area (Å²) in [5.74, 6) is -0.585. The third kappa shape index (κ3) is 5.60. The molecule has 0 fully saturated rings. The summed E-state index contributed by atoms with van der Waals surface area (Å²) in [5.41, 5.74) is -2.59. The molecule has 6 nitrogen and oxygen atoms in total. The summed E-state index contributed by atoms with van der Waals surface area (Å²) in [6.07, 6.45) is 0. The maximum Gasteiger partial charge on any atom is 0.516 e. The Morgan fingerprint density at radius 2 is 1.63 bits per heavy atom. The number of sulfonamides is 1. The zero-order valence-corrected chi connectivity index (χ0v) is 21.7. The van der Waals surface area contributed by atoms with E-state index in [0.29, 0.717) is 5.56 Å². The number of carbonyl (C=O) groups excluding carboxylic acids is 1. The Balaban J connectivity index is 1.67. The van der Waals surface area contributed by atoms with Crippen LogP contribution in [0, 0.1) is 13.8 Å². The molecule has 38 heavy (non-hydrogen) atoms. The maximum atomic E-state index is 13.3. The first-order chi connectivity index (χ1) is 17.9. The van der Waals surface area contributed by atoms with E-state index in [4.69, 9.17) is 4.74 Å². The number of ether oxygens (including phenoxy) is 1. The van der Waals surface area contributed by atoms with E-state index in [1.165, 1.54) is 12.1 Å². The van der Waals surface area contributed by atoms with Crippen molar-refractivity contribution in [2.45, 2.75) is 26.0 Å². The molecule has 0 unspecified atom stereocenters. The molecule has 0 aromatic heterocycles. The number of hydrogen-bond donors (Lipinski definition) is 1. The Hall–Kier alpha value is -4.05. The van der Waals surface area contributed by atoms with E-state index in [1.54, 1.807) is 12.1 Å². The zero-order valence-electron chi connectivity index (χ0n) is 20.8. The average molecular weight is 543 g/mol. The van der Waals surface area contributed by atoms with Gasteiger partial charge in [-0.05, 0) is 60.0 Å². The first kappa shape index (κ1) is 27.0. The summed E-state index contributed by atoms with van der Waals surface area (Å²) >= 11 is 0. The SMILES string of the molecule is Cc1ccc(C)c(COc2cc(NC(=O)c3ccc4ccccc4c3)ccc2N(C)S(=O)(=O)C(F)(F)F)c1. The van der Waals surface area contributed by atoms with Gasteiger partial charge in [0, 0.05) is 24.4 Å². The zero-order chi connectivity index (χ0) is 27.7. The minimum Gasteiger partial charge on any atom is -0.487 e. The Morgan fingerprint density at radius 1 is 0.921 bits per heavy atom. The van der Waals surface area contributed by atoms with Gasteiger partial charge >= 0.3 is 15.5 Å². The maximum absolute atomic E-state index is 13.3. The van der Waals surface area contributed by atoms with Crippen LogP contribution in [0.5, 0.6) is 5.75 Å². The fourth-order valence-electron chi connectivity index (χ4n) is 3.90. The number of anilines is 2. The van der Waals surface area contributed by atoms with Gasteiger partial charge in [-0.2, -0.15) is 21.6 Å². The van der Waals surface area contributed by atoms with E-state index >= 15 is 0 Å². The van der Waals surface area contributed by atoms with Crippen molar-refractivity contribution in [1.82, 2.24) is 0 Å². The van der Waals surface area contributed by atoms with Gasteiger partial charge in [-0.1, -0.05) is 54.1 Å². The van der Waals surface area contributed by atoms with Crippen LogP contribution in [0.3, 0.4) is 0 Å². The number of carbonyl (C=O) groups is 1. The van der Waals surface area contributed by atoms with Crippen LogP contribution in [0.25, 0.3) is 10.8 Å². The minimum atomic E-state index is -5.68. The lowest BCUT2D eigenvalue weighted by molar-refractivity contribution is -0.0437. The van der Waals surface area contributed by atoms with Crippen molar-refractivity contribution in [2.24, 2.45) is 0 Å². The van der Waals surface area contributed by atoms with Gasteiger partial charge in [-0.3, -0.25) is 9.10 Å². The summed E-state index contributed by atoms with van der Waals surface area (Å²) < 4.78 is 70.0. The van der Waals surface area contributed by atoms with Crippen molar-refractivity contribution < 1.29 is 31.1 Å². The van der Waals surface area contributed by atoms with Crippen LogP contribution in [-0.4, -0.2) is 26.9 Å². The molecule has 10 heteroatoms. The van der Waals surface area contributed by atoms with Gasteiger partial charge in [0.2, 0.25) is 0 Å². The summed E-state index contributed by atoms with van der Waals surface area (Å²) in [7, 11) is -4.88. The molecule has 0 atom stereocenters. The molecular formula is C28H25F3N2O4S. The fraction of sp³-hybridized carbons (Fsp3) is 0.179. The van der Waals surface area contributed by atoms with Gasteiger partial charge in [0.25, 0.3) is 5.91 Å². The number of rotatable bonds is 7. The molecule has 0 spiro atoms. The summed E-state index contributed by atoms with van der Waals surface area (Å²) in [4.78, 5) is 12.9. The van der Waals surface area contributed by atoms with E-state index in [2.05, 4.69) is 5.32 Å². The van der Waals surface area contributed by atoms with Crippen LogP contribution in [0.2, 0.25) is 0 Å². The second-order valence-corrected chi connectivity index (χ2v) is 10.8. The van der Waals surface area contributed by atoms with Crippen molar-refractivity contribution in [3.8, 4) is 5.75 Å². The normalized spacial score (nSPS) is 11.8. The van der Waals surface area contributed by atoms with Crippen molar-refractivity contribution in [1.29, 1.82) is 0 Å². The fourth-order valence-corrected chi connectivity index (χ4v) is 4.62. The first-order valence-corrected chi connectivity index (χ1v) is 13.0. The molecule has 4 rings (SSSR count). The lowest BCUT2D eigenvalue weighted by atomic mass is 10.1. The lowest BCUT2D eigenvalue weighted by Crippen LogP contribution is -2.38. The summed E-state index contributed by atoms with van der Waals surface area (Å²) in [6.45, 7) is 3.73. The molecule has 1 amide bonds. The topological polar surface area (TPSA) is 75.7 Å². The van der Waals surface area contributed by atoms with Gasteiger partial charge in [0.1, 0.15) is 12.4 Å². The average Bonchev–Trinajstić information content (AvgIpc) is 2.88. The van der Waals surface area contributed by atoms with Crippen LogP contribution in [0.15, 0.2) is 78.9 Å². The number of aryl methyl sites for hydroxylation is 2. The number of alkyl halides is 3. The highest BCUT2D eigenvalue weighted by Gasteiger charge is 2.49. The molecule has 1 N–H and O–H groups in total. The third-order valence-electron chi connectivity index (χ3n) is 6.11. The van der Waals surface area contributed by atoms with Gasteiger partial charge in [-0.15, -0.1) is 0 Å². The molecular weight excluding hydrogens is 517 g/mol. The van der Waals surface area contributed by atoms with Crippen molar-refractivity contribution in [2.75, 3.05) is 16.7 Å². The molecule has 0 heterocycles. The highest BCUT2D eigenvalue weighted by molar-refractivity contribution is 7.93. The van der Waals surface area contributed by atoms with Crippen LogP contribution in [0.4, 0.5) is 24.5 Å². The molecule has 0 bridgehead atoms. The van der Waals surface area contributed by atoms with Crippen LogP contribution >= 0.6 is 0 Å². The minimum absolute atomic E-state index is 0.0253. The van der Waals surface area contributed by atoms with Gasteiger partial charge in [0.05, 0.1) is 5.69 Å². The first-order valence-electron chi connectivity index (χ1n) is 11.5. The predicted octanol–water partition coefficient (Wildman–Crippen LogP) is 6.57. The quantitative estimate of drug-likeness (QED) is 0.287. The largest absolute Gasteiger partial charge is 0.516 e. The second-order valence-electron chi connectivity index (χ2n) is 8.84. The Labute approximate surface area is 218 Å². The van der Waals surface area contributed by atoms with Crippen LogP contribution in [0.1, 0.15) is 27.0 Å². The molecule has 198 valence electrons. The third-order valence-corrected chi connectivity index (χ3v) is 7.61. The number of amides is 1. The number of nitrogens with zero attached hydrogens (tertiary/aromatic N) is 1. The number of hydrogen-bond acceptors (Lipinski definition) is 4. The molecule has 0 aliphatic heterocycles. The molecule has 0 saturated carbocycles. The standard InChI is InChI=1S/C28H25F3N2O4S/c1-18-8-9-19(2)23(14-18)17-37-26-16-24(12-13-25(26)33(3)38(35,36)28(29,30)31)32-27(34)22-11-10-20-6-4-5-7-21(20)15-22/h4-16H,17H2,1-3H3,(H,32,34). The number of benzene rings is 4. The van der Waals surface area contributed by atoms with Crippen molar-refractivity contribution in [3.63, 3.8) is 0 Å². The molecule has 4 aromatic carbocycles. The highest BCUT2D eigenvalue weighted by atomic mass is 32.2. The van der Waals surface area contributed by atoms with Crippen molar-refractivity contribution in [3.05, 3.63) is 101 Å². The van der Waals surface area contributed by atoms with E-state index in [-0.39, 0.29) is 28.0 Å². The Kier molecular flexibility index (Phi) is 7.37. The van der Waals surface area contributed by atoms with E-state index < -0.39 is 21.4 Å². The van der Waals surface area contributed by atoms with Gasteiger partial charge < -0.3 is 10.1 Å². The van der Waals surface area contributed by atoms with Gasteiger partial charge in [-0.25, -0.2) is 0 Å². The second kappa shape index (κ2) is 10.4. The molecule has 0 radical (unpaired) electrons. The number of halogens is 3. The van der Waals surface area contributed by atoms with Crippen molar-refractivity contribution >= 4 is 38.1 Å². The molecule has 0 saturated heterocycles. The van der Waals surface area contributed by atoms with Crippen LogP contribution < -0.4 is 14.4 Å². The van der Waals surface area contributed by atoms with E-state index in [1.807, 2.05) is 62.4 Å². The van der Waals surface area contributed by atoms with Crippen LogP contribution in [-0.2, 0) is 16.6 Å². The summed E-state index contributed by atoms with van der Waals surface area (Å²) in [6, 6.07) is 22.2. The Morgan fingerprint density at radius 3 is 2.34 bits per heavy atom. The smallest absolute Gasteiger partial charge is 0.487 e.